The summed E-state index contributed by atoms with van der Waals surface area (Å²) in [6.07, 6.45) is -6.81. The van der Waals surface area contributed by atoms with Crippen LogP contribution >= 0.6 is 0 Å². The first kappa shape index (κ1) is 21.3. The van der Waals surface area contributed by atoms with Gasteiger partial charge in [0.15, 0.2) is 24.4 Å². The van der Waals surface area contributed by atoms with Crippen molar-refractivity contribution < 1.29 is 48.0 Å². The molecule has 1 aromatic rings. The summed E-state index contributed by atoms with van der Waals surface area (Å²) in [5, 5.41) is 10.6. The number of aliphatic hydroxyl groups excluding tert-OH is 1. The summed E-state index contributed by atoms with van der Waals surface area (Å²) in [5.74, 6) is -2.26. The normalized spacial score (nSPS) is 26.6. The number of aldehydes is 1. The molecule has 1 N–H and O–H groups in total. The lowest BCUT2D eigenvalue weighted by atomic mass is 9.98. The Kier molecular flexibility index (Phi) is 7.07. The molecule has 1 heterocycles. The number of hydrogen-bond acceptors (Lipinski definition) is 10. The Morgan fingerprint density at radius 1 is 1.04 bits per heavy atom. The van der Waals surface area contributed by atoms with E-state index in [2.05, 4.69) is 4.74 Å². The first-order chi connectivity index (χ1) is 13.3. The maximum atomic E-state index is 12.1. The second kappa shape index (κ2) is 9.29. The lowest BCUT2D eigenvalue weighted by molar-refractivity contribution is -0.278. The number of rotatable bonds is 6. The maximum absolute atomic E-state index is 12.1. The molecule has 28 heavy (non-hydrogen) atoms. The van der Waals surface area contributed by atoms with Crippen molar-refractivity contribution in [2.75, 3.05) is 7.11 Å². The molecule has 0 aromatic heterocycles. The van der Waals surface area contributed by atoms with Gasteiger partial charge in [-0.25, -0.2) is 4.79 Å². The second-order valence-electron chi connectivity index (χ2n) is 5.89. The van der Waals surface area contributed by atoms with Crippen molar-refractivity contribution in [2.24, 2.45) is 0 Å². The molecule has 0 saturated carbocycles. The summed E-state index contributed by atoms with van der Waals surface area (Å²) >= 11 is 0. The zero-order valence-corrected chi connectivity index (χ0v) is 15.4. The summed E-state index contributed by atoms with van der Waals surface area (Å²) in [6, 6.07) is 5.85. The molecule has 1 fully saturated rings. The predicted molar refractivity (Wildman–Crippen MR) is 90.2 cm³/mol. The fourth-order valence-corrected chi connectivity index (χ4v) is 2.64. The van der Waals surface area contributed by atoms with Gasteiger partial charge in [-0.05, 0) is 24.3 Å². The topological polar surface area (TPSA) is 135 Å². The van der Waals surface area contributed by atoms with E-state index in [4.69, 9.17) is 18.9 Å². The van der Waals surface area contributed by atoms with Gasteiger partial charge in [0.2, 0.25) is 6.29 Å². The van der Waals surface area contributed by atoms with E-state index in [0.29, 0.717) is 11.8 Å². The smallest absolute Gasteiger partial charge is 0.339 e. The molecule has 5 atom stereocenters. The number of ether oxygens (including phenoxy) is 5. The van der Waals surface area contributed by atoms with Crippen molar-refractivity contribution in [2.45, 2.75) is 44.6 Å². The van der Waals surface area contributed by atoms with Gasteiger partial charge in [-0.1, -0.05) is 0 Å². The number of esters is 3. The third-order valence-corrected chi connectivity index (χ3v) is 3.82. The largest absolute Gasteiger partial charge is 0.467 e. The van der Waals surface area contributed by atoms with Crippen LogP contribution in [0.2, 0.25) is 0 Å². The van der Waals surface area contributed by atoms with Crippen LogP contribution in [-0.4, -0.2) is 67.1 Å². The molecule has 1 aromatic carbocycles. The standard InChI is InChI=1S/C18H20O10/c1-9(20)25-14-13(22)18(27-12-6-4-11(8-19)5-7-12)28-16(17(23)24-3)15(14)26-10(2)21/h4-8,13-16,18,22H,1-3H3/t13-,14-,15+,16+,18-/m1/s1. The third kappa shape index (κ3) is 5.05. The van der Waals surface area contributed by atoms with Crippen LogP contribution in [0.3, 0.4) is 0 Å². The van der Waals surface area contributed by atoms with Crippen LogP contribution in [0.1, 0.15) is 24.2 Å². The van der Waals surface area contributed by atoms with E-state index >= 15 is 0 Å². The summed E-state index contributed by atoms with van der Waals surface area (Å²) < 4.78 is 25.7. The molecule has 152 valence electrons. The highest BCUT2D eigenvalue weighted by Crippen LogP contribution is 2.29. The average Bonchev–Trinajstić information content (AvgIpc) is 2.66. The Balaban J connectivity index is 2.32. The molecule has 2 rings (SSSR count). The van der Waals surface area contributed by atoms with Crippen molar-refractivity contribution in [3.05, 3.63) is 29.8 Å². The number of carbonyl (C=O) groups excluding carboxylic acids is 4. The van der Waals surface area contributed by atoms with Crippen molar-refractivity contribution in [1.29, 1.82) is 0 Å². The zero-order chi connectivity index (χ0) is 20.8. The van der Waals surface area contributed by atoms with Crippen LogP contribution in [0.5, 0.6) is 5.75 Å². The Hall–Kier alpha value is -2.98. The van der Waals surface area contributed by atoms with Crippen LogP contribution in [0.25, 0.3) is 0 Å². The number of methoxy groups -OCH3 is 1. The van der Waals surface area contributed by atoms with Crippen LogP contribution in [0.4, 0.5) is 0 Å². The number of aliphatic hydroxyl groups is 1. The van der Waals surface area contributed by atoms with Crippen LogP contribution in [0, 0.1) is 0 Å². The van der Waals surface area contributed by atoms with Crippen molar-refractivity contribution in [1.82, 2.24) is 0 Å². The first-order valence-corrected chi connectivity index (χ1v) is 8.24. The predicted octanol–water partition coefficient (Wildman–Crippen LogP) is 0.0001000. The number of benzene rings is 1. The third-order valence-electron chi connectivity index (χ3n) is 3.82. The average molecular weight is 396 g/mol. The minimum absolute atomic E-state index is 0.214. The van der Waals surface area contributed by atoms with Crippen molar-refractivity contribution in [3.63, 3.8) is 0 Å². The highest BCUT2D eigenvalue weighted by Gasteiger charge is 2.53. The molecular formula is C18H20O10. The first-order valence-electron chi connectivity index (χ1n) is 8.24. The number of hydrogen-bond donors (Lipinski definition) is 1. The Morgan fingerprint density at radius 3 is 2.11 bits per heavy atom. The van der Waals surface area contributed by atoms with E-state index in [1.807, 2.05) is 0 Å². The Labute approximate surface area is 160 Å². The van der Waals surface area contributed by atoms with Gasteiger partial charge in [-0.15, -0.1) is 0 Å². The minimum atomic E-state index is -1.60. The summed E-state index contributed by atoms with van der Waals surface area (Å²) in [6.45, 7) is 2.18. The highest BCUT2D eigenvalue weighted by atomic mass is 16.7. The van der Waals surface area contributed by atoms with Gasteiger partial charge in [-0.2, -0.15) is 0 Å². The summed E-state index contributed by atoms with van der Waals surface area (Å²) in [4.78, 5) is 45.8. The van der Waals surface area contributed by atoms with Crippen molar-refractivity contribution >= 4 is 24.2 Å². The minimum Gasteiger partial charge on any atom is -0.467 e. The van der Waals surface area contributed by atoms with E-state index in [-0.39, 0.29) is 5.75 Å². The fourth-order valence-electron chi connectivity index (χ4n) is 2.64. The molecule has 0 unspecified atom stereocenters. The van der Waals surface area contributed by atoms with Gasteiger partial charge in [0.25, 0.3) is 0 Å². The van der Waals surface area contributed by atoms with E-state index in [1.54, 1.807) is 0 Å². The summed E-state index contributed by atoms with van der Waals surface area (Å²) in [5.41, 5.74) is 0.401. The fraction of sp³-hybridized carbons (Fsp3) is 0.444. The van der Waals surface area contributed by atoms with Gasteiger partial charge >= 0.3 is 17.9 Å². The second-order valence-corrected chi connectivity index (χ2v) is 5.89. The Bertz CT molecular complexity index is 728. The lowest BCUT2D eigenvalue weighted by Gasteiger charge is -2.41. The quantitative estimate of drug-likeness (QED) is 0.398. The molecule has 10 nitrogen and oxygen atoms in total. The van der Waals surface area contributed by atoms with E-state index in [1.165, 1.54) is 24.3 Å². The van der Waals surface area contributed by atoms with Crippen molar-refractivity contribution in [3.8, 4) is 5.75 Å². The maximum Gasteiger partial charge on any atom is 0.339 e. The van der Waals surface area contributed by atoms with E-state index < -0.39 is 48.6 Å². The monoisotopic (exact) mass is 396 g/mol. The number of carbonyl (C=O) groups is 4. The molecule has 0 amide bonds. The molecule has 0 radical (unpaired) electrons. The van der Waals surface area contributed by atoms with Crippen LogP contribution < -0.4 is 4.74 Å². The van der Waals surface area contributed by atoms with Gasteiger partial charge in [0, 0.05) is 19.4 Å². The van der Waals surface area contributed by atoms with E-state index in [9.17, 15) is 24.3 Å². The molecule has 1 aliphatic heterocycles. The van der Waals surface area contributed by atoms with Gasteiger partial charge in [-0.3, -0.25) is 14.4 Å². The molecule has 0 aliphatic carbocycles. The van der Waals surface area contributed by atoms with Gasteiger partial charge < -0.3 is 28.8 Å². The molecule has 10 heteroatoms. The molecule has 0 spiro atoms. The molecule has 0 bridgehead atoms. The molecule has 1 saturated heterocycles. The molecular weight excluding hydrogens is 376 g/mol. The van der Waals surface area contributed by atoms with Crippen LogP contribution in [-0.2, 0) is 33.3 Å². The van der Waals surface area contributed by atoms with Gasteiger partial charge in [0.1, 0.15) is 12.0 Å². The van der Waals surface area contributed by atoms with Gasteiger partial charge in [0.05, 0.1) is 7.11 Å². The summed E-state index contributed by atoms with van der Waals surface area (Å²) in [7, 11) is 1.09. The lowest BCUT2D eigenvalue weighted by Crippen LogP contribution is -2.63. The Morgan fingerprint density at radius 2 is 1.61 bits per heavy atom. The van der Waals surface area contributed by atoms with E-state index in [0.717, 1.165) is 21.0 Å². The molecule has 1 aliphatic rings. The highest BCUT2D eigenvalue weighted by molar-refractivity contribution is 5.77. The zero-order valence-electron chi connectivity index (χ0n) is 15.4. The SMILES string of the molecule is COC(=O)[C@H]1O[C@@H](Oc2ccc(C=O)cc2)[C@H](O)[C@@H](OC(C)=O)[C@@H]1OC(C)=O. The van der Waals surface area contributed by atoms with Crippen LogP contribution in [0.15, 0.2) is 24.3 Å².